The molecule has 2 aliphatic rings. The predicted octanol–water partition coefficient (Wildman–Crippen LogP) is 2.86. The quantitative estimate of drug-likeness (QED) is 0.753. The van der Waals surface area contributed by atoms with E-state index in [1.165, 1.54) is 30.6 Å². The van der Waals surface area contributed by atoms with Crippen molar-refractivity contribution in [2.45, 2.75) is 31.7 Å². The Morgan fingerprint density at radius 3 is 2.80 bits per heavy atom. The van der Waals surface area contributed by atoms with E-state index in [1.807, 2.05) is 0 Å². The zero-order valence-corrected chi connectivity index (χ0v) is 9.29. The molecule has 0 saturated heterocycles. The minimum absolute atomic E-state index is 0.434. The molecule has 3 rings (SSSR count). The van der Waals surface area contributed by atoms with Crippen LogP contribution in [0.1, 0.15) is 26.2 Å². The molecular weight excluding hydrogens is 184 g/mol. The third-order valence-electron chi connectivity index (χ3n) is 3.98. The molecule has 15 heavy (non-hydrogen) atoms. The third kappa shape index (κ3) is 1.17. The van der Waals surface area contributed by atoms with Gasteiger partial charge in [0.15, 0.2) is 0 Å². The fourth-order valence-electron chi connectivity index (χ4n) is 3.01. The molecule has 1 aliphatic heterocycles. The minimum atomic E-state index is 0.434. The van der Waals surface area contributed by atoms with Crippen molar-refractivity contribution in [3.05, 3.63) is 24.3 Å². The molecule has 2 heteroatoms. The SMILES string of the molecule is CCN1c2ccccc2NCC12CCC2. The summed E-state index contributed by atoms with van der Waals surface area (Å²) in [7, 11) is 0. The highest BCUT2D eigenvalue weighted by Gasteiger charge is 2.44. The molecular formula is C13H18N2. The third-order valence-corrected chi connectivity index (χ3v) is 3.98. The molecule has 1 aromatic rings. The van der Waals surface area contributed by atoms with Gasteiger partial charge >= 0.3 is 0 Å². The van der Waals surface area contributed by atoms with Crippen LogP contribution in [0.25, 0.3) is 0 Å². The summed E-state index contributed by atoms with van der Waals surface area (Å²) in [6, 6.07) is 8.67. The Balaban J connectivity index is 2.03. The maximum atomic E-state index is 3.58. The summed E-state index contributed by atoms with van der Waals surface area (Å²) in [6.07, 6.45) is 4.09. The van der Waals surface area contributed by atoms with Crippen LogP contribution < -0.4 is 10.2 Å². The van der Waals surface area contributed by atoms with Crippen LogP contribution in [0, 0.1) is 0 Å². The molecule has 0 amide bonds. The average molecular weight is 202 g/mol. The van der Waals surface area contributed by atoms with Crippen molar-refractivity contribution in [1.82, 2.24) is 0 Å². The van der Waals surface area contributed by atoms with Crippen molar-refractivity contribution in [3.63, 3.8) is 0 Å². The molecule has 0 bridgehead atoms. The number of likely N-dealkylation sites (N-methyl/N-ethyl adjacent to an activating group) is 1. The van der Waals surface area contributed by atoms with E-state index < -0.39 is 0 Å². The fraction of sp³-hybridized carbons (Fsp3) is 0.538. The number of hydrogen-bond donors (Lipinski definition) is 1. The van der Waals surface area contributed by atoms with E-state index in [4.69, 9.17) is 0 Å². The Labute approximate surface area is 91.3 Å². The molecule has 0 unspecified atom stereocenters. The van der Waals surface area contributed by atoms with E-state index >= 15 is 0 Å². The number of hydrogen-bond acceptors (Lipinski definition) is 2. The Hall–Kier alpha value is -1.18. The number of benzene rings is 1. The van der Waals surface area contributed by atoms with Gasteiger partial charge in [-0.2, -0.15) is 0 Å². The van der Waals surface area contributed by atoms with Gasteiger partial charge in [0.25, 0.3) is 0 Å². The maximum Gasteiger partial charge on any atom is 0.0607 e. The predicted molar refractivity (Wildman–Crippen MR) is 64.5 cm³/mol. The van der Waals surface area contributed by atoms with Crippen molar-refractivity contribution < 1.29 is 0 Å². The lowest BCUT2D eigenvalue weighted by Gasteiger charge is -2.54. The monoisotopic (exact) mass is 202 g/mol. The molecule has 1 aliphatic carbocycles. The van der Waals surface area contributed by atoms with E-state index in [-0.39, 0.29) is 0 Å². The first kappa shape index (κ1) is 9.08. The number of nitrogens with zero attached hydrogens (tertiary/aromatic N) is 1. The van der Waals surface area contributed by atoms with Gasteiger partial charge in [-0.25, -0.2) is 0 Å². The Morgan fingerprint density at radius 2 is 2.13 bits per heavy atom. The van der Waals surface area contributed by atoms with E-state index in [2.05, 4.69) is 41.4 Å². The second-order valence-corrected chi connectivity index (χ2v) is 4.69. The standard InChI is InChI=1S/C13H18N2/c1-2-15-12-7-4-3-6-11(12)14-10-13(15)8-5-9-13/h3-4,6-7,14H,2,5,8-10H2,1H3. The minimum Gasteiger partial charge on any atom is -0.381 e. The van der Waals surface area contributed by atoms with Crippen LogP contribution in [0.5, 0.6) is 0 Å². The van der Waals surface area contributed by atoms with Crippen LogP contribution >= 0.6 is 0 Å². The fourth-order valence-corrected chi connectivity index (χ4v) is 3.01. The van der Waals surface area contributed by atoms with E-state index in [0.29, 0.717) is 5.54 Å². The zero-order chi connectivity index (χ0) is 10.3. The first-order chi connectivity index (χ1) is 7.36. The molecule has 1 heterocycles. The van der Waals surface area contributed by atoms with Gasteiger partial charge in [0.2, 0.25) is 0 Å². The highest BCUT2D eigenvalue weighted by atomic mass is 15.3. The normalized spacial score (nSPS) is 21.8. The van der Waals surface area contributed by atoms with Crippen molar-refractivity contribution in [1.29, 1.82) is 0 Å². The lowest BCUT2D eigenvalue weighted by atomic mass is 9.73. The summed E-state index contributed by atoms with van der Waals surface area (Å²) < 4.78 is 0. The van der Waals surface area contributed by atoms with Crippen molar-refractivity contribution in [3.8, 4) is 0 Å². The molecule has 1 fully saturated rings. The molecule has 2 nitrogen and oxygen atoms in total. The van der Waals surface area contributed by atoms with Crippen molar-refractivity contribution in [2.75, 3.05) is 23.3 Å². The number of fused-ring (bicyclic) bond motifs is 1. The summed E-state index contributed by atoms with van der Waals surface area (Å²) in [5.41, 5.74) is 3.13. The number of nitrogens with one attached hydrogen (secondary N) is 1. The molecule has 1 saturated carbocycles. The summed E-state index contributed by atoms with van der Waals surface area (Å²) in [5, 5.41) is 3.58. The number of rotatable bonds is 1. The van der Waals surface area contributed by atoms with Gasteiger partial charge in [-0.1, -0.05) is 12.1 Å². The number of para-hydroxylation sites is 2. The molecule has 1 N–H and O–H groups in total. The van der Waals surface area contributed by atoms with Crippen LogP contribution in [-0.4, -0.2) is 18.6 Å². The van der Waals surface area contributed by atoms with Gasteiger partial charge in [0, 0.05) is 13.1 Å². The Kier molecular flexibility index (Phi) is 1.91. The average Bonchev–Trinajstić information content (AvgIpc) is 2.25. The van der Waals surface area contributed by atoms with Crippen LogP contribution in [-0.2, 0) is 0 Å². The van der Waals surface area contributed by atoms with Crippen LogP contribution in [0.2, 0.25) is 0 Å². The smallest absolute Gasteiger partial charge is 0.0607 e. The van der Waals surface area contributed by atoms with Gasteiger partial charge in [-0.3, -0.25) is 0 Å². The van der Waals surface area contributed by atoms with E-state index in [9.17, 15) is 0 Å². The Morgan fingerprint density at radius 1 is 1.33 bits per heavy atom. The first-order valence-corrected chi connectivity index (χ1v) is 5.96. The van der Waals surface area contributed by atoms with E-state index in [0.717, 1.165) is 13.1 Å². The first-order valence-electron chi connectivity index (χ1n) is 5.96. The highest BCUT2D eigenvalue weighted by molar-refractivity contribution is 5.74. The lowest BCUT2D eigenvalue weighted by molar-refractivity contribution is 0.240. The molecule has 1 spiro atoms. The summed E-state index contributed by atoms with van der Waals surface area (Å²) in [6.45, 7) is 4.51. The molecule has 0 aromatic heterocycles. The molecule has 0 atom stereocenters. The van der Waals surface area contributed by atoms with Crippen molar-refractivity contribution >= 4 is 11.4 Å². The summed E-state index contributed by atoms with van der Waals surface area (Å²) >= 11 is 0. The molecule has 0 radical (unpaired) electrons. The van der Waals surface area contributed by atoms with Crippen LogP contribution in [0.4, 0.5) is 11.4 Å². The molecule has 1 aromatic carbocycles. The van der Waals surface area contributed by atoms with Gasteiger partial charge in [-0.05, 0) is 38.3 Å². The van der Waals surface area contributed by atoms with E-state index in [1.54, 1.807) is 0 Å². The van der Waals surface area contributed by atoms with Crippen LogP contribution in [0.15, 0.2) is 24.3 Å². The Bertz CT molecular complexity index is 369. The maximum absolute atomic E-state index is 3.58. The zero-order valence-electron chi connectivity index (χ0n) is 9.29. The van der Waals surface area contributed by atoms with Gasteiger partial charge < -0.3 is 10.2 Å². The largest absolute Gasteiger partial charge is 0.381 e. The highest BCUT2D eigenvalue weighted by Crippen LogP contribution is 2.45. The summed E-state index contributed by atoms with van der Waals surface area (Å²) in [4.78, 5) is 2.60. The second kappa shape index (κ2) is 3.16. The summed E-state index contributed by atoms with van der Waals surface area (Å²) in [5.74, 6) is 0. The van der Waals surface area contributed by atoms with Crippen LogP contribution in [0.3, 0.4) is 0 Å². The topological polar surface area (TPSA) is 15.3 Å². The van der Waals surface area contributed by atoms with Gasteiger partial charge in [0.05, 0.1) is 16.9 Å². The molecule has 80 valence electrons. The number of anilines is 2. The van der Waals surface area contributed by atoms with Crippen molar-refractivity contribution in [2.24, 2.45) is 0 Å². The second-order valence-electron chi connectivity index (χ2n) is 4.69. The lowest BCUT2D eigenvalue weighted by Crippen LogP contribution is -2.60. The van der Waals surface area contributed by atoms with Gasteiger partial charge in [-0.15, -0.1) is 0 Å². The van der Waals surface area contributed by atoms with Gasteiger partial charge in [0.1, 0.15) is 0 Å².